The molecule has 3 amide bonds. The third-order valence-electron chi connectivity index (χ3n) is 4.93. The molecule has 0 unspecified atom stereocenters. The Kier molecular flexibility index (Phi) is 8.99. The molecule has 0 bridgehead atoms. The van der Waals surface area contributed by atoms with Crippen LogP contribution in [0.2, 0.25) is 0 Å². The van der Waals surface area contributed by atoms with Crippen LogP contribution in [-0.4, -0.2) is 73.3 Å². The Balaban J connectivity index is 1.75. The molecule has 0 aliphatic heterocycles. The van der Waals surface area contributed by atoms with Gasteiger partial charge in [0.15, 0.2) is 6.61 Å². The van der Waals surface area contributed by atoms with Crippen molar-refractivity contribution < 1.29 is 23.9 Å². The first-order chi connectivity index (χ1) is 14.8. The van der Waals surface area contributed by atoms with Gasteiger partial charge in [-0.05, 0) is 30.2 Å². The van der Waals surface area contributed by atoms with Crippen LogP contribution < -0.4 is 5.32 Å². The summed E-state index contributed by atoms with van der Waals surface area (Å²) in [6.45, 7) is 3.94. The Morgan fingerprint density at radius 2 is 1.61 bits per heavy atom. The standard InChI is InChI=1S/C23H29N3O5/c1-4-26(5-2)21(28)15-25(3)22(29)16-31-23(30)14-24-20(27)13-18-11-8-10-17-9-6-7-12-19(17)18/h6-12H,4-5,13-16H2,1-3H3,(H,24,27). The highest BCUT2D eigenvalue weighted by atomic mass is 16.5. The second-order valence-electron chi connectivity index (χ2n) is 7.07. The van der Waals surface area contributed by atoms with Crippen molar-refractivity contribution in [3.05, 3.63) is 48.0 Å². The number of amides is 3. The third-order valence-corrected chi connectivity index (χ3v) is 4.93. The molecule has 8 heteroatoms. The normalized spacial score (nSPS) is 10.4. The first-order valence-corrected chi connectivity index (χ1v) is 10.3. The zero-order chi connectivity index (χ0) is 22.8. The van der Waals surface area contributed by atoms with Gasteiger partial charge < -0.3 is 19.9 Å². The molecule has 0 aliphatic carbocycles. The number of hydrogen-bond donors (Lipinski definition) is 1. The van der Waals surface area contributed by atoms with Gasteiger partial charge >= 0.3 is 5.97 Å². The molecule has 0 saturated heterocycles. The van der Waals surface area contributed by atoms with Crippen molar-refractivity contribution in [1.29, 1.82) is 0 Å². The maximum atomic E-state index is 12.2. The van der Waals surface area contributed by atoms with E-state index in [1.807, 2.05) is 56.3 Å². The number of likely N-dealkylation sites (N-methyl/N-ethyl adjacent to an activating group) is 2. The number of fused-ring (bicyclic) bond motifs is 1. The topological polar surface area (TPSA) is 96.0 Å². The van der Waals surface area contributed by atoms with Crippen molar-refractivity contribution in [3.8, 4) is 0 Å². The fraction of sp³-hybridized carbons (Fsp3) is 0.391. The third kappa shape index (κ3) is 7.09. The summed E-state index contributed by atoms with van der Waals surface area (Å²) in [4.78, 5) is 51.0. The highest BCUT2D eigenvalue weighted by Gasteiger charge is 2.18. The van der Waals surface area contributed by atoms with E-state index >= 15 is 0 Å². The minimum absolute atomic E-state index is 0.0835. The lowest BCUT2D eigenvalue weighted by atomic mass is 10.0. The molecule has 0 heterocycles. The molecule has 1 N–H and O–H groups in total. The van der Waals surface area contributed by atoms with Crippen LogP contribution in [0.1, 0.15) is 19.4 Å². The number of rotatable bonds is 10. The van der Waals surface area contributed by atoms with E-state index in [1.165, 1.54) is 11.9 Å². The molecule has 0 spiro atoms. The summed E-state index contributed by atoms with van der Waals surface area (Å²) in [5.41, 5.74) is 0.860. The Bertz CT molecular complexity index is 934. The number of carbonyl (C=O) groups is 4. The van der Waals surface area contributed by atoms with Gasteiger partial charge in [0.05, 0.1) is 13.0 Å². The molecule has 0 atom stereocenters. The van der Waals surface area contributed by atoms with Crippen LogP contribution in [-0.2, 0) is 30.3 Å². The predicted molar refractivity (Wildman–Crippen MR) is 117 cm³/mol. The maximum absolute atomic E-state index is 12.2. The average molecular weight is 428 g/mol. The Hall–Kier alpha value is -3.42. The zero-order valence-corrected chi connectivity index (χ0v) is 18.2. The summed E-state index contributed by atoms with van der Waals surface area (Å²) in [6, 6.07) is 13.5. The summed E-state index contributed by atoms with van der Waals surface area (Å²) < 4.78 is 4.92. The number of hydrogen-bond acceptors (Lipinski definition) is 5. The zero-order valence-electron chi connectivity index (χ0n) is 18.2. The van der Waals surface area contributed by atoms with E-state index in [2.05, 4.69) is 5.32 Å². The van der Waals surface area contributed by atoms with Crippen molar-refractivity contribution in [2.24, 2.45) is 0 Å². The largest absolute Gasteiger partial charge is 0.454 e. The summed E-state index contributed by atoms with van der Waals surface area (Å²) in [5.74, 6) is -1.70. The van der Waals surface area contributed by atoms with Crippen molar-refractivity contribution in [1.82, 2.24) is 15.1 Å². The summed E-state index contributed by atoms with van der Waals surface area (Å²) in [6.07, 6.45) is 0.129. The lowest BCUT2D eigenvalue weighted by molar-refractivity contribution is -0.152. The van der Waals surface area contributed by atoms with Crippen molar-refractivity contribution in [2.75, 3.05) is 39.8 Å². The number of nitrogens with zero attached hydrogens (tertiary/aromatic N) is 2. The molecular formula is C23H29N3O5. The van der Waals surface area contributed by atoms with Gasteiger partial charge in [-0.1, -0.05) is 42.5 Å². The number of nitrogens with one attached hydrogen (secondary N) is 1. The van der Waals surface area contributed by atoms with Gasteiger partial charge in [0, 0.05) is 20.1 Å². The van der Waals surface area contributed by atoms with Crippen LogP contribution >= 0.6 is 0 Å². The Morgan fingerprint density at radius 3 is 2.32 bits per heavy atom. The molecule has 8 nitrogen and oxygen atoms in total. The van der Waals surface area contributed by atoms with Crippen LogP contribution in [0.25, 0.3) is 10.8 Å². The summed E-state index contributed by atoms with van der Waals surface area (Å²) >= 11 is 0. The van der Waals surface area contributed by atoms with Crippen molar-refractivity contribution in [3.63, 3.8) is 0 Å². The quantitative estimate of drug-likeness (QED) is 0.578. The van der Waals surface area contributed by atoms with E-state index in [4.69, 9.17) is 4.74 Å². The number of ether oxygens (including phenoxy) is 1. The van der Waals surface area contributed by atoms with E-state index in [9.17, 15) is 19.2 Å². The molecule has 0 aliphatic rings. The van der Waals surface area contributed by atoms with E-state index in [-0.39, 0.29) is 31.3 Å². The molecule has 2 aromatic rings. The van der Waals surface area contributed by atoms with E-state index in [1.54, 1.807) is 4.90 Å². The minimum atomic E-state index is -0.719. The molecule has 0 saturated carbocycles. The van der Waals surface area contributed by atoms with Gasteiger partial charge in [0.25, 0.3) is 5.91 Å². The molecule has 166 valence electrons. The minimum Gasteiger partial charge on any atom is -0.454 e. The first-order valence-electron chi connectivity index (χ1n) is 10.3. The lowest BCUT2D eigenvalue weighted by Crippen LogP contribution is -2.42. The Labute approximate surface area is 182 Å². The van der Waals surface area contributed by atoms with Crippen LogP contribution in [0.15, 0.2) is 42.5 Å². The number of esters is 1. The second kappa shape index (κ2) is 11.7. The van der Waals surface area contributed by atoms with E-state index in [0.717, 1.165) is 16.3 Å². The van der Waals surface area contributed by atoms with Crippen LogP contribution in [0.3, 0.4) is 0 Å². The molecule has 2 rings (SSSR count). The van der Waals surface area contributed by atoms with Crippen molar-refractivity contribution >= 4 is 34.5 Å². The fourth-order valence-corrected chi connectivity index (χ4v) is 3.12. The molecule has 0 fully saturated rings. The molecule has 2 aromatic carbocycles. The summed E-state index contributed by atoms with van der Waals surface area (Å²) in [5, 5.41) is 4.53. The van der Waals surface area contributed by atoms with Gasteiger partial charge in [0.2, 0.25) is 11.8 Å². The van der Waals surface area contributed by atoms with Gasteiger partial charge in [-0.2, -0.15) is 0 Å². The number of benzene rings is 2. The van der Waals surface area contributed by atoms with E-state index < -0.39 is 18.5 Å². The van der Waals surface area contributed by atoms with Crippen LogP contribution in [0.5, 0.6) is 0 Å². The highest BCUT2D eigenvalue weighted by molar-refractivity contribution is 5.91. The maximum Gasteiger partial charge on any atom is 0.325 e. The van der Waals surface area contributed by atoms with Gasteiger partial charge in [0.1, 0.15) is 6.54 Å². The van der Waals surface area contributed by atoms with Crippen LogP contribution in [0.4, 0.5) is 0 Å². The number of carbonyl (C=O) groups excluding carboxylic acids is 4. The SMILES string of the molecule is CCN(CC)C(=O)CN(C)C(=O)COC(=O)CNC(=O)Cc1cccc2ccccc12. The molecule has 0 aromatic heterocycles. The van der Waals surface area contributed by atoms with Crippen LogP contribution in [0, 0.1) is 0 Å². The van der Waals surface area contributed by atoms with Gasteiger partial charge in [-0.3, -0.25) is 19.2 Å². The smallest absolute Gasteiger partial charge is 0.325 e. The second-order valence-corrected chi connectivity index (χ2v) is 7.07. The molecular weight excluding hydrogens is 398 g/mol. The molecule has 0 radical (unpaired) electrons. The first kappa shape index (κ1) is 23.9. The predicted octanol–water partition coefficient (Wildman–Crippen LogP) is 1.37. The molecule has 31 heavy (non-hydrogen) atoms. The van der Waals surface area contributed by atoms with Gasteiger partial charge in [-0.15, -0.1) is 0 Å². The fourth-order valence-electron chi connectivity index (χ4n) is 3.12. The van der Waals surface area contributed by atoms with E-state index in [0.29, 0.717) is 13.1 Å². The Morgan fingerprint density at radius 1 is 0.935 bits per heavy atom. The lowest BCUT2D eigenvalue weighted by Gasteiger charge is -2.23. The average Bonchev–Trinajstić information content (AvgIpc) is 2.77. The highest BCUT2D eigenvalue weighted by Crippen LogP contribution is 2.18. The van der Waals surface area contributed by atoms with Gasteiger partial charge in [-0.25, -0.2) is 0 Å². The van der Waals surface area contributed by atoms with Crippen molar-refractivity contribution in [2.45, 2.75) is 20.3 Å². The monoisotopic (exact) mass is 427 g/mol. The summed E-state index contributed by atoms with van der Waals surface area (Å²) in [7, 11) is 1.48.